The maximum absolute atomic E-state index is 13.4. The lowest BCUT2D eigenvalue weighted by Gasteiger charge is -2.27. The SMILES string of the molecule is COc1cccc(OC)c1-c1cc(CC(=O)N[C@@H](CCc2ccc(F)cc2)CC(=O)NC2CCC2)nn1C1CCCC1. The highest BCUT2D eigenvalue weighted by Crippen LogP contribution is 2.41. The third-order valence-electron chi connectivity index (χ3n) is 8.44. The Balaban J connectivity index is 1.33. The maximum atomic E-state index is 13.4. The van der Waals surface area contributed by atoms with E-state index in [4.69, 9.17) is 14.6 Å². The number of amides is 2. The molecule has 1 heterocycles. The number of hydrogen-bond donors (Lipinski definition) is 2. The van der Waals surface area contributed by atoms with Crippen molar-refractivity contribution >= 4 is 11.8 Å². The molecular formula is C33H41FN4O4. The van der Waals surface area contributed by atoms with Crippen LogP contribution in [0.25, 0.3) is 11.3 Å². The van der Waals surface area contributed by atoms with Crippen LogP contribution in [0, 0.1) is 5.82 Å². The number of halogens is 1. The first-order valence-electron chi connectivity index (χ1n) is 15.1. The second-order valence-corrected chi connectivity index (χ2v) is 11.4. The molecule has 0 bridgehead atoms. The molecule has 2 aromatic carbocycles. The molecule has 0 spiro atoms. The molecule has 2 aliphatic rings. The summed E-state index contributed by atoms with van der Waals surface area (Å²) in [6.45, 7) is 0. The summed E-state index contributed by atoms with van der Waals surface area (Å²) in [6, 6.07) is 14.1. The van der Waals surface area contributed by atoms with Crippen LogP contribution in [0.5, 0.6) is 11.5 Å². The Hall–Kier alpha value is -3.88. The Morgan fingerprint density at radius 1 is 0.976 bits per heavy atom. The molecule has 0 unspecified atom stereocenters. The number of carbonyl (C=O) groups is 2. The van der Waals surface area contributed by atoms with Crippen molar-refractivity contribution in [2.75, 3.05) is 14.2 Å². The van der Waals surface area contributed by atoms with E-state index in [2.05, 4.69) is 10.6 Å². The van der Waals surface area contributed by atoms with Gasteiger partial charge in [-0.3, -0.25) is 14.3 Å². The predicted molar refractivity (Wildman–Crippen MR) is 159 cm³/mol. The summed E-state index contributed by atoms with van der Waals surface area (Å²) in [6.07, 6.45) is 8.94. The Bertz CT molecular complexity index is 1340. The van der Waals surface area contributed by atoms with Crippen LogP contribution < -0.4 is 20.1 Å². The fraction of sp³-hybridized carbons (Fsp3) is 0.485. The van der Waals surface area contributed by atoms with Crippen molar-refractivity contribution in [3.63, 3.8) is 0 Å². The molecule has 2 N–H and O–H groups in total. The van der Waals surface area contributed by atoms with Crippen LogP contribution in [-0.4, -0.2) is 47.9 Å². The number of rotatable bonds is 13. The van der Waals surface area contributed by atoms with Gasteiger partial charge in [-0.2, -0.15) is 5.10 Å². The number of aromatic nitrogens is 2. The van der Waals surface area contributed by atoms with E-state index in [1.807, 2.05) is 28.9 Å². The summed E-state index contributed by atoms with van der Waals surface area (Å²) in [7, 11) is 3.27. The predicted octanol–water partition coefficient (Wildman–Crippen LogP) is 5.54. The molecule has 8 nitrogen and oxygen atoms in total. The van der Waals surface area contributed by atoms with E-state index >= 15 is 0 Å². The van der Waals surface area contributed by atoms with Crippen LogP contribution in [-0.2, 0) is 22.4 Å². The second kappa shape index (κ2) is 13.9. The third kappa shape index (κ3) is 7.30. The van der Waals surface area contributed by atoms with Crippen LogP contribution in [0.4, 0.5) is 4.39 Å². The fourth-order valence-corrected chi connectivity index (χ4v) is 5.97. The summed E-state index contributed by atoms with van der Waals surface area (Å²) in [5.74, 6) is 0.835. The van der Waals surface area contributed by atoms with Crippen LogP contribution in [0.15, 0.2) is 48.5 Å². The van der Waals surface area contributed by atoms with E-state index in [-0.39, 0.29) is 48.6 Å². The standard InChI is InChI=1S/C33H41FN4O4/c1-41-29-11-6-12-30(42-2)33(29)28-19-26(37-38(28)27-9-3-4-10-27)21-32(40)36-25(20-31(39)35-24-7-5-8-24)18-15-22-13-16-23(34)17-14-22/h6,11-14,16-17,19,24-25,27H,3-5,7-10,15,18,20-21H2,1-2H3,(H,35,39)(H,36,40)/t25-/m0/s1. The lowest BCUT2D eigenvalue weighted by atomic mass is 9.93. The van der Waals surface area contributed by atoms with Gasteiger partial charge in [0.25, 0.3) is 0 Å². The zero-order valence-corrected chi connectivity index (χ0v) is 24.5. The number of nitrogens with one attached hydrogen (secondary N) is 2. The van der Waals surface area contributed by atoms with E-state index in [9.17, 15) is 14.0 Å². The van der Waals surface area contributed by atoms with Gasteiger partial charge >= 0.3 is 0 Å². The molecular weight excluding hydrogens is 535 g/mol. The first-order chi connectivity index (χ1) is 20.4. The number of nitrogens with zero attached hydrogens (tertiary/aromatic N) is 2. The van der Waals surface area contributed by atoms with Gasteiger partial charge in [0.1, 0.15) is 17.3 Å². The molecule has 2 fully saturated rings. The highest BCUT2D eigenvalue weighted by atomic mass is 19.1. The Morgan fingerprint density at radius 2 is 1.67 bits per heavy atom. The average Bonchev–Trinajstić information content (AvgIpc) is 3.64. The zero-order chi connectivity index (χ0) is 29.5. The molecule has 42 heavy (non-hydrogen) atoms. The summed E-state index contributed by atoms with van der Waals surface area (Å²) < 4.78 is 26.8. The Kier molecular flexibility index (Phi) is 9.77. The molecule has 2 amide bonds. The maximum Gasteiger partial charge on any atom is 0.226 e. The van der Waals surface area contributed by atoms with E-state index in [1.165, 1.54) is 12.1 Å². The topological polar surface area (TPSA) is 94.5 Å². The Labute approximate surface area is 247 Å². The molecule has 224 valence electrons. The van der Waals surface area contributed by atoms with Gasteiger partial charge in [-0.15, -0.1) is 0 Å². The monoisotopic (exact) mass is 576 g/mol. The van der Waals surface area contributed by atoms with Crippen LogP contribution >= 0.6 is 0 Å². The molecule has 3 aromatic rings. The number of methoxy groups -OCH3 is 2. The van der Waals surface area contributed by atoms with Gasteiger partial charge in [0.15, 0.2) is 0 Å². The van der Waals surface area contributed by atoms with E-state index in [1.54, 1.807) is 26.4 Å². The molecule has 5 rings (SSSR count). The van der Waals surface area contributed by atoms with E-state index in [0.717, 1.165) is 61.8 Å². The molecule has 9 heteroatoms. The normalized spacial score (nSPS) is 16.1. The smallest absolute Gasteiger partial charge is 0.226 e. The number of aryl methyl sites for hydroxylation is 1. The highest BCUT2D eigenvalue weighted by molar-refractivity contribution is 5.82. The molecule has 1 atom stereocenters. The quantitative estimate of drug-likeness (QED) is 0.279. The van der Waals surface area contributed by atoms with E-state index < -0.39 is 0 Å². The first kappa shape index (κ1) is 29.6. The molecule has 0 aliphatic heterocycles. The first-order valence-corrected chi connectivity index (χ1v) is 15.1. The largest absolute Gasteiger partial charge is 0.496 e. The van der Waals surface area contributed by atoms with Crippen LogP contribution in [0.3, 0.4) is 0 Å². The van der Waals surface area contributed by atoms with E-state index in [0.29, 0.717) is 30.0 Å². The van der Waals surface area contributed by atoms with Gasteiger partial charge in [-0.1, -0.05) is 31.0 Å². The Morgan fingerprint density at radius 3 is 2.29 bits per heavy atom. The van der Waals surface area contributed by atoms with Gasteiger partial charge < -0.3 is 20.1 Å². The third-order valence-corrected chi connectivity index (χ3v) is 8.44. The minimum Gasteiger partial charge on any atom is -0.496 e. The summed E-state index contributed by atoms with van der Waals surface area (Å²) in [5, 5.41) is 11.1. The minimum atomic E-state index is -0.353. The molecule has 2 aliphatic carbocycles. The summed E-state index contributed by atoms with van der Waals surface area (Å²) >= 11 is 0. The van der Waals surface area contributed by atoms with Crippen molar-refractivity contribution in [3.8, 4) is 22.8 Å². The van der Waals surface area contributed by atoms with Gasteiger partial charge in [0.2, 0.25) is 11.8 Å². The van der Waals surface area contributed by atoms with Crippen molar-refractivity contribution < 1.29 is 23.5 Å². The lowest BCUT2D eigenvalue weighted by Crippen LogP contribution is -2.44. The number of hydrogen-bond acceptors (Lipinski definition) is 5. The molecule has 0 radical (unpaired) electrons. The lowest BCUT2D eigenvalue weighted by molar-refractivity contribution is -0.124. The van der Waals surface area contributed by atoms with Gasteiger partial charge in [-0.05, 0) is 80.8 Å². The summed E-state index contributed by atoms with van der Waals surface area (Å²) in [5.41, 5.74) is 3.30. The van der Waals surface area contributed by atoms with Gasteiger partial charge in [-0.25, -0.2) is 4.39 Å². The molecule has 1 aromatic heterocycles. The van der Waals surface area contributed by atoms with Crippen LogP contribution in [0.2, 0.25) is 0 Å². The molecule has 0 saturated heterocycles. The highest BCUT2D eigenvalue weighted by Gasteiger charge is 2.27. The fourth-order valence-electron chi connectivity index (χ4n) is 5.97. The van der Waals surface area contributed by atoms with Crippen molar-refractivity contribution in [1.29, 1.82) is 0 Å². The number of ether oxygens (including phenoxy) is 2. The van der Waals surface area contributed by atoms with Crippen molar-refractivity contribution in [2.24, 2.45) is 0 Å². The minimum absolute atomic E-state index is 0.0554. The zero-order valence-electron chi connectivity index (χ0n) is 24.5. The average molecular weight is 577 g/mol. The van der Waals surface area contributed by atoms with Crippen LogP contribution in [0.1, 0.15) is 75.1 Å². The summed E-state index contributed by atoms with van der Waals surface area (Å²) in [4.78, 5) is 26.2. The van der Waals surface area contributed by atoms with Crippen molar-refractivity contribution in [1.82, 2.24) is 20.4 Å². The van der Waals surface area contributed by atoms with Gasteiger partial charge in [0.05, 0.1) is 43.6 Å². The van der Waals surface area contributed by atoms with Gasteiger partial charge in [0, 0.05) is 18.5 Å². The number of carbonyl (C=O) groups excluding carboxylic acids is 2. The van der Waals surface area contributed by atoms with Crippen molar-refractivity contribution in [3.05, 3.63) is 65.6 Å². The van der Waals surface area contributed by atoms with Crippen molar-refractivity contribution in [2.45, 2.75) is 88.8 Å². The number of benzene rings is 2. The molecule has 2 saturated carbocycles. The second-order valence-electron chi connectivity index (χ2n) is 11.4.